The fraction of sp³-hybridized carbons (Fsp3) is 0.370. The summed E-state index contributed by atoms with van der Waals surface area (Å²) in [5.74, 6) is -2.13. The van der Waals surface area contributed by atoms with Crippen LogP contribution in [0.2, 0.25) is 5.02 Å². The third kappa shape index (κ3) is 6.06. The number of halogens is 1. The van der Waals surface area contributed by atoms with E-state index in [1.54, 1.807) is 31.2 Å². The molecule has 0 radical (unpaired) electrons. The van der Waals surface area contributed by atoms with Crippen molar-refractivity contribution in [1.29, 1.82) is 0 Å². The smallest absolute Gasteiger partial charge is 0.338 e. The van der Waals surface area contributed by atoms with Gasteiger partial charge >= 0.3 is 11.9 Å². The van der Waals surface area contributed by atoms with Crippen LogP contribution in [0.5, 0.6) is 0 Å². The van der Waals surface area contributed by atoms with E-state index in [0.717, 1.165) is 4.90 Å². The summed E-state index contributed by atoms with van der Waals surface area (Å²) in [5, 5.41) is 0.494. The number of hydrogen-bond donors (Lipinski definition) is 0. The van der Waals surface area contributed by atoms with Gasteiger partial charge in [0.25, 0.3) is 5.91 Å². The molecule has 2 aromatic carbocycles. The summed E-state index contributed by atoms with van der Waals surface area (Å²) < 4.78 is 10.2. The predicted molar refractivity (Wildman–Crippen MR) is 134 cm³/mol. The van der Waals surface area contributed by atoms with E-state index in [0.29, 0.717) is 48.8 Å². The number of imide groups is 1. The molecule has 2 amide bonds. The number of carbonyl (C=O) groups is 5. The van der Waals surface area contributed by atoms with E-state index < -0.39 is 18.6 Å². The van der Waals surface area contributed by atoms with E-state index in [9.17, 15) is 24.0 Å². The van der Waals surface area contributed by atoms with Crippen LogP contribution in [0.15, 0.2) is 48.5 Å². The highest BCUT2D eigenvalue weighted by atomic mass is 35.5. The lowest BCUT2D eigenvalue weighted by Gasteiger charge is -2.33. The number of ketones is 1. The van der Waals surface area contributed by atoms with Crippen LogP contribution in [-0.4, -0.2) is 66.8 Å². The molecular formula is C27H27ClN2O7. The first kappa shape index (κ1) is 26.5. The minimum absolute atomic E-state index is 0.0551. The molecule has 1 unspecified atom stereocenters. The molecule has 194 valence electrons. The van der Waals surface area contributed by atoms with E-state index in [1.807, 2.05) is 4.90 Å². The van der Waals surface area contributed by atoms with Crippen molar-refractivity contribution in [1.82, 2.24) is 4.90 Å². The second-order valence-electron chi connectivity index (χ2n) is 8.90. The zero-order valence-electron chi connectivity index (χ0n) is 20.4. The molecule has 4 rings (SSSR count). The maximum atomic E-state index is 13.1. The molecule has 2 saturated heterocycles. The van der Waals surface area contributed by atoms with Gasteiger partial charge in [-0.15, -0.1) is 0 Å². The lowest BCUT2D eigenvalue weighted by Crippen LogP contribution is -2.47. The molecule has 2 aliphatic rings. The van der Waals surface area contributed by atoms with E-state index in [2.05, 4.69) is 0 Å². The molecule has 0 aliphatic carbocycles. The fourth-order valence-electron chi connectivity index (χ4n) is 4.56. The number of ether oxygens (including phenoxy) is 2. The number of hydrogen-bond acceptors (Lipinski definition) is 8. The Balaban J connectivity index is 1.33. The first-order chi connectivity index (χ1) is 17.8. The largest absolute Gasteiger partial charge is 0.466 e. The number of piperidine rings is 1. The zero-order chi connectivity index (χ0) is 26.5. The van der Waals surface area contributed by atoms with Gasteiger partial charge in [0.15, 0.2) is 12.4 Å². The molecule has 2 fully saturated rings. The van der Waals surface area contributed by atoms with Gasteiger partial charge in [-0.3, -0.25) is 24.1 Å². The van der Waals surface area contributed by atoms with Crippen LogP contribution in [-0.2, 0) is 23.9 Å². The van der Waals surface area contributed by atoms with E-state index in [1.165, 1.54) is 24.3 Å². The van der Waals surface area contributed by atoms with Crippen molar-refractivity contribution in [2.75, 3.05) is 31.2 Å². The number of likely N-dealkylation sites (tertiary alicyclic amines) is 1. The van der Waals surface area contributed by atoms with Crippen molar-refractivity contribution < 1.29 is 33.4 Å². The summed E-state index contributed by atoms with van der Waals surface area (Å²) in [7, 11) is 0. The van der Waals surface area contributed by atoms with Gasteiger partial charge in [-0.1, -0.05) is 11.6 Å². The van der Waals surface area contributed by atoms with E-state index >= 15 is 0 Å². The number of anilines is 1. The second kappa shape index (κ2) is 11.7. The number of carbonyl (C=O) groups excluding carboxylic acids is 5. The highest BCUT2D eigenvalue weighted by Crippen LogP contribution is 2.29. The van der Waals surface area contributed by atoms with Crippen LogP contribution in [0.25, 0.3) is 0 Å². The molecule has 0 N–H and O–H groups in total. The maximum absolute atomic E-state index is 13.1. The summed E-state index contributed by atoms with van der Waals surface area (Å²) in [4.78, 5) is 65.5. The molecule has 9 nitrogen and oxygen atoms in total. The molecule has 1 atom stereocenters. The quantitative estimate of drug-likeness (QED) is 0.293. The van der Waals surface area contributed by atoms with Gasteiger partial charge < -0.3 is 9.47 Å². The Kier molecular flexibility index (Phi) is 8.35. The first-order valence-corrected chi connectivity index (χ1v) is 12.5. The van der Waals surface area contributed by atoms with Crippen LogP contribution in [0, 0.1) is 5.92 Å². The van der Waals surface area contributed by atoms with Gasteiger partial charge in [0.05, 0.1) is 36.2 Å². The average molecular weight is 527 g/mol. The van der Waals surface area contributed by atoms with Crippen molar-refractivity contribution in [3.63, 3.8) is 0 Å². The molecule has 2 heterocycles. The van der Waals surface area contributed by atoms with Gasteiger partial charge in [-0.2, -0.15) is 0 Å². The third-order valence-corrected chi connectivity index (χ3v) is 6.83. The summed E-state index contributed by atoms with van der Waals surface area (Å²) in [6, 6.07) is 11.6. The lowest BCUT2D eigenvalue weighted by atomic mass is 9.95. The molecule has 10 heteroatoms. The Hall–Kier alpha value is -3.56. The zero-order valence-corrected chi connectivity index (χ0v) is 21.1. The number of Topliss-reactive ketones (excluding diaryl/α,β-unsaturated/α-hetero) is 1. The van der Waals surface area contributed by atoms with Gasteiger partial charge in [0.2, 0.25) is 5.91 Å². The predicted octanol–water partition coefficient (Wildman–Crippen LogP) is 3.29. The maximum Gasteiger partial charge on any atom is 0.338 e. The van der Waals surface area contributed by atoms with E-state index in [-0.39, 0.29) is 41.5 Å². The average Bonchev–Trinajstić information content (AvgIpc) is 3.21. The van der Waals surface area contributed by atoms with Gasteiger partial charge in [-0.25, -0.2) is 9.69 Å². The minimum atomic E-state index is -0.699. The molecule has 2 aromatic rings. The number of rotatable bonds is 8. The summed E-state index contributed by atoms with van der Waals surface area (Å²) in [6.45, 7) is 2.73. The van der Waals surface area contributed by atoms with Gasteiger partial charge in [0.1, 0.15) is 0 Å². The molecule has 37 heavy (non-hydrogen) atoms. The molecular weight excluding hydrogens is 500 g/mol. The number of benzene rings is 2. The lowest BCUT2D eigenvalue weighted by molar-refractivity contribution is -0.149. The fourth-order valence-corrected chi connectivity index (χ4v) is 4.69. The topological polar surface area (TPSA) is 110 Å². The highest BCUT2D eigenvalue weighted by Gasteiger charge is 2.44. The Morgan fingerprint density at radius 2 is 1.54 bits per heavy atom. The number of amides is 2. The van der Waals surface area contributed by atoms with Gasteiger partial charge in [-0.05, 0) is 81.4 Å². The number of nitrogens with zero attached hydrogens (tertiary/aromatic N) is 2. The second-order valence-corrected chi connectivity index (χ2v) is 9.34. The van der Waals surface area contributed by atoms with Crippen LogP contribution in [0.1, 0.15) is 46.9 Å². The minimum Gasteiger partial charge on any atom is -0.466 e. The Bertz CT molecular complexity index is 1190. The van der Waals surface area contributed by atoms with Crippen LogP contribution >= 0.6 is 11.6 Å². The first-order valence-electron chi connectivity index (χ1n) is 12.1. The summed E-state index contributed by atoms with van der Waals surface area (Å²) in [5.41, 5.74) is 0.912. The van der Waals surface area contributed by atoms with Crippen molar-refractivity contribution in [2.24, 2.45) is 5.92 Å². The standard InChI is InChI=1S/C27H27ClN2O7/c1-2-36-26(34)19-11-13-29(14-12-19)22-15-24(32)30(25(22)33)21-9-5-18(6-10-21)27(35)37-16-23(31)17-3-7-20(28)8-4-17/h3-10,19,22H,2,11-16H2,1H3. The monoisotopic (exact) mass is 526 g/mol. The van der Waals surface area contributed by atoms with Crippen molar-refractivity contribution in [3.05, 3.63) is 64.7 Å². The van der Waals surface area contributed by atoms with Crippen molar-refractivity contribution in [3.8, 4) is 0 Å². The Morgan fingerprint density at radius 3 is 2.16 bits per heavy atom. The SMILES string of the molecule is CCOC(=O)C1CCN(C2CC(=O)N(c3ccc(C(=O)OCC(=O)c4ccc(Cl)cc4)cc3)C2=O)CC1. The summed E-state index contributed by atoms with van der Waals surface area (Å²) >= 11 is 5.81. The summed E-state index contributed by atoms with van der Waals surface area (Å²) in [6.07, 6.45) is 1.21. The Morgan fingerprint density at radius 1 is 0.919 bits per heavy atom. The third-order valence-electron chi connectivity index (χ3n) is 6.57. The normalized spacial score (nSPS) is 18.6. The van der Waals surface area contributed by atoms with Crippen LogP contribution in [0.4, 0.5) is 5.69 Å². The van der Waals surface area contributed by atoms with Crippen LogP contribution < -0.4 is 4.90 Å². The molecule has 0 spiro atoms. The Labute approximate surface area is 219 Å². The number of esters is 2. The van der Waals surface area contributed by atoms with Gasteiger partial charge in [0, 0.05) is 10.6 Å². The van der Waals surface area contributed by atoms with Crippen molar-refractivity contribution >= 4 is 46.8 Å². The van der Waals surface area contributed by atoms with Crippen molar-refractivity contribution in [2.45, 2.75) is 32.2 Å². The molecule has 0 aromatic heterocycles. The van der Waals surface area contributed by atoms with Crippen LogP contribution in [0.3, 0.4) is 0 Å². The van der Waals surface area contributed by atoms with E-state index in [4.69, 9.17) is 21.1 Å². The highest BCUT2D eigenvalue weighted by molar-refractivity contribution is 6.30. The molecule has 0 saturated carbocycles. The molecule has 2 aliphatic heterocycles. The molecule has 0 bridgehead atoms.